The number of H-pyrrole nitrogens is 1. The molecule has 9 nitrogen and oxygen atoms in total. The Balaban J connectivity index is 1.74. The third kappa shape index (κ3) is 4.24. The van der Waals surface area contributed by atoms with Crippen molar-refractivity contribution in [1.29, 1.82) is 0 Å². The highest BCUT2D eigenvalue weighted by molar-refractivity contribution is 7.84. The summed E-state index contributed by atoms with van der Waals surface area (Å²) in [4.78, 5) is 30.5. The maximum atomic E-state index is 12.5. The number of carbonyl (C=O) groups is 1. The minimum Gasteiger partial charge on any atom is -0.384 e. The topological polar surface area (TPSA) is 110 Å². The number of hydrogen-bond donors (Lipinski definition) is 2. The van der Waals surface area contributed by atoms with Crippen molar-refractivity contribution in [2.24, 2.45) is 0 Å². The molecular weight excluding hydrogens is 464 g/mol. The van der Waals surface area contributed by atoms with Gasteiger partial charge in [0, 0.05) is 42.8 Å². The fourth-order valence-electron chi connectivity index (χ4n) is 4.55. The van der Waals surface area contributed by atoms with Crippen molar-refractivity contribution in [1.82, 2.24) is 24.4 Å². The first kappa shape index (κ1) is 23.3. The van der Waals surface area contributed by atoms with E-state index < -0.39 is 10.8 Å². The van der Waals surface area contributed by atoms with Crippen molar-refractivity contribution in [3.63, 3.8) is 0 Å². The Morgan fingerprint density at radius 2 is 2.03 bits per heavy atom. The molecule has 0 spiro atoms. The zero-order chi connectivity index (χ0) is 24.4. The molecule has 1 unspecified atom stereocenters. The van der Waals surface area contributed by atoms with Crippen LogP contribution in [-0.2, 0) is 20.3 Å². The first-order valence-corrected chi connectivity index (χ1v) is 13.0. The number of amides is 1. The van der Waals surface area contributed by atoms with Gasteiger partial charge >= 0.3 is 6.41 Å². The quantitative estimate of drug-likeness (QED) is 0.301. The van der Waals surface area contributed by atoms with Crippen molar-refractivity contribution in [2.45, 2.75) is 11.8 Å². The van der Waals surface area contributed by atoms with Crippen LogP contribution in [0.1, 0.15) is 6.92 Å². The Hall–Kier alpha value is -3.47. The van der Waals surface area contributed by atoms with Crippen LogP contribution in [0.3, 0.4) is 0 Å². The van der Waals surface area contributed by atoms with E-state index in [1.807, 2.05) is 37.3 Å². The Kier molecular flexibility index (Phi) is 6.42. The molecule has 1 aromatic carbocycles. The van der Waals surface area contributed by atoms with Gasteiger partial charge in [0.2, 0.25) is 0 Å². The zero-order valence-corrected chi connectivity index (χ0v) is 20.5. The molecule has 10 heteroatoms. The number of nitrogens with zero attached hydrogens (tertiary/aromatic N) is 4. The van der Waals surface area contributed by atoms with Crippen LogP contribution in [0.2, 0.25) is 0 Å². The Bertz CT molecular complexity index is 1410. The van der Waals surface area contributed by atoms with E-state index in [1.165, 1.54) is 0 Å². The van der Waals surface area contributed by atoms with Crippen LogP contribution >= 0.6 is 0 Å². The number of aromatic amines is 1. The molecule has 5 rings (SSSR count). The second kappa shape index (κ2) is 9.65. The van der Waals surface area contributed by atoms with Crippen LogP contribution in [0.15, 0.2) is 53.8 Å². The molecule has 35 heavy (non-hydrogen) atoms. The fourth-order valence-corrected chi connectivity index (χ4v) is 5.26. The molecular formula is C25H27N6O3S+. The molecule has 0 radical (unpaired) electrons. The number of nitrogens with one attached hydrogen (secondary N) is 2. The molecule has 1 fully saturated rings. The van der Waals surface area contributed by atoms with E-state index in [0.29, 0.717) is 42.7 Å². The van der Waals surface area contributed by atoms with Crippen LogP contribution in [0.25, 0.3) is 33.7 Å². The average molecular weight is 492 g/mol. The van der Waals surface area contributed by atoms with Crippen LogP contribution in [0.5, 0.6) is 0 Å². The normalized spacial score (nSPS) is 16.2. The van der Waals surface area contributed by atoms with Crippen molar-refractivity contribution in [2.75, 3.05) is 44.4 Å². The molecule has 180 valence electrons. The first-order chi connectivity index (χ1) is 17.1. The van der Waals surface area contributed by atoms with Crippen LogP contribution in [0, 0.1) is 0 Å². The summed E-state index contributed by atoms with van der Waals surface area (Å²) in [5.74, 6) is 0.479. The standard InChI is InChI=1S/C25H27N6O3S/c1-3-26-19-5-4-7-27-24(19)20-6-8-28-25(30-20)18-13-17-21(29-15-23(17)35(2)33)14-22(18)31(16-32)9-11-34-12-10-31/h4-8,13-16,26,29H,3,9-12H2,1-2H3/q+1. The van der Waals surface area contributed by atoms with Crippen LogP contribution in [0.4, 0.5) is 11.4 Å². The lowest BCUT2D eigenvalue weighted by atomic mass is 10.0. The number of anilines is 1. The minimum absolute atomic E-state index is 0.106. The number of benzene rings is 1. The predicted molar refractivity (Wildman–Crippen MR) is 137 cm³/mol. The number of quaternary nitrogens is 1. The van der Waals surface area contributed by atoms with Gasteiger partial charge in [0.15, 0.2) is 11.5 Å². The van der Waals surface area contributed by atoms with Gasteiger partial charge in [-0.05, 0) is 31.2 Å². The predicted octanol–water partition coefficient (Wildman–Crippen LogP) is 3.35. The van der Waals surface area contributed by atoms with Crippen molar-refractivity contribution in [3.05, 3.63) is 48.9 Å². The molecule has 3 aromatic heterocycles. The van der Waals surface area contributed by atoms with Crippen molar-refractivity contribution in [3.8, 4) is 22.8 Å². The Labute approximate surface area is 205 Å². The van der Waals surface area contributed by atoms with Gasteiger partial charge in [-0.15, -0.1) is 0 Å². The summed E-state index contributed by atoms with van der Waals surface area (Å²) >= 11 is 0. The highest BCUT2D eigenvalue weighted by Crippen LogP contribution is 2.39. The summed E-state index contributed by atoms with van der Waals surface area (Å²) in [5.41, 5.74) is 4.61. The van der Waals surface area contributed by atoms with Gasteiger partial charge in [0.05, 0.1) is 51.4 Å². The van der Waals surface area contributed by atoms with Gasteiger partial charge in [-0.1, -0.05) is 0 Å². The smallest absolute Gasteiger partial charge is 0.306 e. The zero-order valence-electron chi connectivity index (χ0n) is 19.7. The lowest BCUT2D eigenvalue weighted by Crippen LogP contribution is -2.55. The highest BCUT2D eigenvalue weighted by atomic mass is 32.2. The summed E-state index contributed by atoms with van der Waals surface area (Å²) in [7, 11) is -1.19. The SMILES string of the molecule is CCNc1cccnc1-c1ccnc(-c2cc3c(S(C)=O)c[nH]c3cc2[N+]2(C=O)CCOCC2)n1. The average Bonchev–Trinajstić information content (AvgIpc) is 3.32. The lowest BCUT2D eigenvalue weighted by Gasteiger charge is -2.35. The van der Waals surface area contributed by atoms with Gasteiger partial charge in [0.1, 0.15) is 18.8 Å². The second-order valence-corrected chi connectivity index (χ2v) is 9.76. The summed E-state index contributed by atoms with van der Waals surface area (Å²) in [6.45, 7) is 4.77. The van der Waals surface area contributed by atoms with E-state index in [0.717, 1.165) is 46.5 Å². The number of ether oxygens (including phenoxy) is 1. The number of rotatable bonds is 7. The lowest BCUT2D eigenvalue weighted by molar-refractivity contribution is -0.121. The summed E-state index contributed by atoms with van der Waals surface area (Å²) in [5, 5.41) is 4.15. The summed E-state index contributed by atoms with van der Waals surface area (Å²) in [6, 6.07) is 9.58. The first-order valence-electron chi connectivity index (χ1n) is 11.5. The number of hydrogen-bond acceptors (Lipinski definition) is 7. The molecule has 0 aliphatic carbocycles. The monoisotopic (exact) mass is 491 g/mol. The van der Waals surface area contributed by atoms with Gasteiger partial charge in [-0.25, -0.2) is 19.2 Å². The highest BCUT2D eigenvalue weighted by Gasteiger charge is 2.37. The minimum atomic E-state index is -1.19. The molecule has 1 aliphatic heterocycles. The second-order valence-electron chi connectivity index (χ2n) is 8.42. The van der Waals surface area contributed by atoms with E-state index in [9.17, 15) is 9.00 Å². The Morgan fingerprint density at radius 3 is 2.77 bits per heavy atom. The van der Waals surface area contributed by atoms with Gasteiger partial charge in [-0.3, -0.25) is 9.19 Å². The number of fused-ring (bicyclic) bond motifs is 1. The van der Waals surface area contributed by atoms with Crippen LogP contribution in [-0.4, -0.2) is 69.7 Å². The van der Waals surface area contributed by atoms with Crippen molar-refractivity contribution < 1.29 is 13.7 Å². The van der Waals surface area contributed by atoms with E-state index in [2.05, 4.69) is 20.3 Å². The fraction of sp³-hybridized carbons (Fsp3) is 0.280. The molecule has 4 aromatic rings. The molecule has 1 amide bonds. The maximum Gasteiger partial charge on any atom is 0.306 e. The molecule has 2 N–H and O–H groups in total. The third-order valence-corrected chi connectivity index (χ3v) is 7.29. The number of carbonyl (C=O) groups excluding carboxylic acids is 1. The van der Waals surface area contributed by atoms with E-state index in [4.69, 9.17) is 9.72 Å². The number of aromatic nitrogens is 4. The molecule has 0 bridgehead atoms. The largest absolute Gasteiger partial charge is 0.384 e. The molecule has 1 atom stereocenters. The molecule has 1 saturated heterocycles. The third-order valence-electron chi connectivity index (χ3n) is 6.33. The molecule has 0 saturated carbocycles. The Morgan fingerprint density at radius 1 is 1.20 bits per heavy atom. The summed E-state index contributed by atoms with van der Waals surface area (Å²) < 4.78 is 18.0. The van der Waals surface area contributed by atoms with Gasteiger partial charge in [-0.2, -0.15) is 0 Å². The summed E-state index contributed by atoms with van der Waals surface area (Å²) in [6.07, 6.45) is 7.82. The molecule has 4 heterocycles. The van der Waals surface area contributed by atoms with Gasteiger partial charge in [0.25, 0.3) is 0 Å². The maximum absolute atomic E-state index is 12.5. The van der Waals surface area contributed by atoms with Gasteiger partial charge < -0.3 is 15.0 Å². The van der Waals surface area contributed by atoms with Crippen molar-refractivity contribution >= 4 is 39.5 Å². The van der Waals surface area contributed by atoms with E-state index in [-0.39, 0.29) is 4.48 Å². The number of pyridine rings is 1. The van der Waals surface area contributed by atoms with E-state index >= 15 is 0 Å². The van der Waals surface area contributed by atoms with Crippen LogP contribution < -0.4 is 9.80 Å². The number of morpholine rings is 1. The molecule has 1 aliphatic rings. The van der Waals surface area contributed by atoms with E-state index in [1.54, 1.807) is 24.8 Å².